The molecule has 0 atom stereocenters. The highest BCUT2D eigenvalue weighted by Crippen LogP contribution is 2.20. The maximum absolute atomic E-state index is 11.9. The smallest absolute Gasteiger partial charge is 0.269 e. The Bertz CT molecular complexity index is 1070. The lowest BCUT2D eigenvalue weighted by molar-refractivity contribution is -0.114. The highest BCUT2D eigenvalue weighted by atomic mass is 16.6. The van der Waals surface area contributed by atoms with Crippen LogP contribution in [0.1, 0.15) is 29.2 Å². The van der Waals surface area contributed by atoms with E-state index in [4.69, 9.17) is 10.2 Å². The second kappa shape index (κ2) is 9.65. The number of oxime groups is 1. The van der Waals surface area contributed by atoms with Crippen molar-refractivity contribution < 1.29 is 9.63 Å². The third-order valence-electron chi connectivity index (χ3n) is 4.95. The molecule has 0 bridgehead atoms. The number of rotatable bonds is 7. The lowest BCUT2D eigenvalue weighted by atomic mass is 9.98. The quantitative estimate of drug-likeness (QED) is 0.446. The minimum absolute atomic E-state index is 0.0861. The van der Waals surface area contributed by atoms with Gasteiger partial charge in [-0.25, -0.2) is 0 Å². The van der Waals surface area contributed by atoms with Crippen molar-refractivity contribution in [2.45, 2.75) is 20.5 Å². The van der Waals surface area contributed by atoms with Crippen LogP contribution in [0.25, 0.3) is 11.1 Å². The number of hydrogen-bond acceptors (Lipinski definition) is 4. The van der Waals surface area contributed by atoms with Gasteiger partial charge in [-0.2, -0.15) is 0 Å². The second-order valence-electron chi connectivity index (χ2n) is 6.95. The molecule has 0 radical (unpaired) electrons. The third kappa shape index (κ3) is 4.81. The molecule has 0 fully saturated rings. The number of aryl methyl sites for hydroxylation is 1. The topological polar surface area (TPSA) is 74.5 Å². The molecule has 1 amide bonds. The van der Waals surface area contributed by atoms with Gasteiger partial charge in [-0.05, 0) is 36.1 Å². The normalized spacial score (nSPS) is 11.1. The van der Waals surface area contributed by atoms with Crippen LogP contribution in [0.3, 0.4) is 0 Å². The van der Waals surface area contributed by atoms with E-state index in [2.05, 4.69) is 34.7 Å². The van der Waals surface area contributed by atoms with E-state index in [9.17, 15) is 4.79 Å². The summed E-state index contributed by atoms with van der Waals surface area (Å²) in [6.45, 7) is 4.00. The predicted octanol–water partition coefficient (Wildman–Crippen LogP) is 4.72. The molecule has 0 saturated carbocycles. The van der Waals surface area contributed by atoms with Crippen molar-refractivity contribution in [3.05, 3.63) is 95.1 Å². The molecule has 0 saturated heterocycles. The number of likely N-dealkylation sites (N-methyl/N-ethyl adjacent to an activating group) is 1. The fourth-order valence-corrected chi connectivity index (χ4v) is 3.16. The molecule has 3 aromatic rings. The van der Waals surface area contributed by atoms with Gasteiger partial charge in [-0.1, -0.05) is 78.0 Å². The van der Waals surface area contributed by atoms with Gasteiger partial charge in [-0.15, -0.1) is 0 Å². The van der Waals surface area contributed by atoms with Crippen LogP contribution in [0.2, 0.25) is 0 Å². The van der Waals surface area contributed by atoms with E-state index in [1.165, 1.54) is 12.6 Å². The Morgan fingerprint density at radius 1 is 0.967 bits per heavy atom. The molecule has 0 unspecified atom stereocenters. The molecule has 0 aliphatic carbocycles. The number of nitrogens with one attached hydrogen (secondary N) is 2. The zero-order valence-corrected chi connectivity index (χ0v) is 17.4. The largest absolute Gasteiger partial charge is 0.391 e. The predicted molar refractivity (Wildman–Crippen MR) is 121 cm³/mol. The van der Waals surface area contributed by atoms with Crippen molar-refractivity contribution in [1.29, 1.82) is 5.41 Å². The molecule has 5 heteroatoms. The Kier molecular flexibility index (Phi) is 6.75. The van der Waals surface area contributed by atoms with Gasteiger partial charge in [0, 0.05) is 18.2 Å². The average molecular weight is 399 g/mol. The number of carbonyl (C=O) groups excluding carboxylic acids is 1. The van der Waals surface area contributed by atoms with Crippen LogP contribution in [-0.4, -0.2) is 24.4 Å². The highest BCUT2D eigenvalue weighted by Gasteiger charge is 2.16. The van der Waals surface area contributed by atoms with E-state index in [1.54, 1.807) is 6.07 Å². The summed E-state index contributed by atoms with van der Waals surface area (Å²) in [5.41, 5.74) is 6.23. The molecule has 0 aromatic heterocycles. The van der Waals surface area contributed by atoms with Crippen LogP contribution >= 0.6 is 0 Å². The molecule has 0 spiro atoms. The zero-order chi connectivity index (χ0) is 21.5. The van der Waals surface area contributed by atoms with Gasteiger partial charge in [-0.3, -0.25) is 10.2 Å². The molecule has 152 valence electrons. The van der Waals surface area contributed by atoms with Crippen LogP contribution in [0.15, 0.2) is 78.0 Å². The number of benzene rings is 3. The Hall–Kier alpha value is -3.73. The van der Waals surface area contributed by atoms with E-state index < -0.39 is 5.91 Å². The van der Waals surface area contributed by atoms with Crippen molar-refractivity contribution in [1.82, 2.24) is 5.32 Å². The van der Waals surface area contributed by atoms with Crippen molar-refractivity contribution in [2.75, 3.05) is 7.05 Å². The fraction of sp³-hybridized carbons (Fsp3) is 0.160. The molecule has 0 aliphatic rings. The minimum atomic E-state index is -0.431. The second-order valence-corrected chi connectivity index (χ2v) is 6.95. The summed E-state index contributed by atoms with van der Waals surface area (Å²) in [6, 6.07) is 23.9. The van der Waals surface area contributed by atoms with Gasteiger partial charge in [0.05, 0.1) is 5.71 Å². The van der Waals surface area contributed by atoms with Gasteiger partial charge in [0.15, 0.2) is 0 Å². The van der Waals surface area contributed by atoms with Crippen molar-refractivity contribution in [3.8, 4) is 11.1 Å². The lowest BCUT2D eigenvalue weighted by Crippen LogP contribution is -2.28. The van der Waals surface area contributed by atoms with Crippen molar-refractivity contribution in [2.24, 2.45) is 5.16 Å². The van der Waals surface area contributed by atoms with Gasteiger partial charge in [0.25, 0.3) is 5.91 Å². The first kappa shape index (κ1) is 21.0. The number of hydrogen-bond donors (Lipinski definition) is 2. The summed E-state index contributed by atoms with van der Waals surface area (Å²) in [7, 11) is 1.51. The third-order valence-corrected chi connectivity index (χ3v) is 4.95. The summed E-state index contributed by atoms with van der Waals surface area (Å²) in [4.78, 5) is 17.5. The summed E-state index contributed by atoms with van der Waals surface area (Å²) in [5.74, 6) is -0.431. The van der Waals surface area contributed by atoms with Crippen LogP contribution in [-0.2, 0) is 16.2 Å². The van der Waals surface area contributed by atoms with Gasteiger partial charge in [0.1, 0.15) is 12.3 Å². The van der Waals surface area contributed by atoms with Crippen LogP contribution in [0.5, 0.6) is 0 Å². The molecular formula is C25H25N3O2. The lowest BCUT2D eigenvalue weighted by Gasteiger charge is -2.12. The van der Waals surface area contributed by atoms with Gasteiger partial charge in [0.2, 0.25) is 0 Å². The van der Waals surface area contributed by atoms with E-state index in [1.807, 2.05) is 56.3 Å². The summed E-state index contributed by atoms with van der Waals surface area (Å²) >= 11 is 0. The Balaban J connectivity index is 1.73. The molecule has 0 heterocycles. The fourth-order valence-electron chi connectivity index (χ4n) is 3.16. The number of carbonyl (C=O) groups is 1. The standard InChI is InChI=1S/C25H25N3O2/c1-17-8-7-11-22(24(26)25(29)27-3)23(17)16-30-28-18(2)19-12-14-21(15-13-19)20-9-5-4-6-10-20/h4-15,26H,16H2,1-3H3,(H,27,29)/b26-24?,28-18+. The van der Waals surface area contributed by atoms with Crippen molar-refractivity contribution in [3.63, 3.8) is 0 Å². The van der Waals surface area contributed by atoms with Crippen LogP contribution < -0.4 is 5.32 Å². The first-order valence-electron chi connectivity index (χ1n) is 9.73. The first-order chi connectivity index (χ1) is 14.5. The number of amides is 1. The van der Waals surface area contributed by atoms with Gasteiger partial charge < -0.3 is 10.2 Å². The van der Waals surface area contributed by atoms with E-state index in [0.29, 0.717) is 5.56 Å². The van der Waals surface area contributed by atoms with Crippen LogP contribution in [0, 0.1) is 12.3 Å². The maximum Gasteiger partial charge on any atom is 0.269 e. The average Bonchev–Trinajstić information content (AvgIpc) is 2.79. The summed E-state index contributed by atoms with van der Waals surface area (Å²) in [5, 5.41) is 14.8. The van der Waals surface area contributed by atoms with Gasteiger partial charge >= 0.3 is 0 Å². The zero-order valence-electron chi connectivity index (χ0n) is 17.4. The molecule has 5 nitrogen and oxygen atoms in total. The van der Waals surface area contributed by atoms with Crippen LogP contribution in [0.4, 0.5) is 0 Å². The summed E-state index contributed by atoms with van der Waals surface area (Å²) in [6.07, 6.45) is 0. The monoisotopic (exact) mass is 399 g/mol. The molecule has 2 N–H and O–H groups in total. The summed E-state index contributed by atoms with van der Waals surface area (Å²) < 4.78 is 0. The number of nitrogens with zero attached hydrogens (tertiary/aromatic N) is 1. The molecule has 0 aliphatic heterocycles. The van der Waals surface area contributed by atoms with E-state index in [-0.39, 0.29) is 12.3 Å². The Labute approximate surface area is 176 Å². The Morgan fingerprint density at radius 3 is 2.30 bits per heavy atom. The van der Waals surface area contributed by atoms with Crippen molar-refractivity contribution >= 4 is 17.3 Å². The molecule has 3 aromatic carbocycles. The van der Waals surface area contributed by atoms with E-state index >= 15 is 0 Å². The highest BCUT2D eigenvalue weighted by molar-refractivity contribution is 6.44. The SMILES string of the molecule is CNC(=O)C(=N)c1cccc(C)c1CO/N=C(\C)c1ccc(-c2ccccc2)cc1. The molecule has 30 heavy (non-hydrogen) atoms. The minimum Gasteiger partial charge on any atom is -0.391 e. The molecule has 3 rings (SSSR count). The van der Waals surface area contributed by atoms with E-state index in [0.717, 1.165) is 28.0 Å². The Morgan fingerprint density at radius 2 is 1.63 bits per heavy atom. The maximum atomic E-state index is 11.9. The molecular weight excluding hydrogens is 374 g/mol. The first-order valence-corrected chi connectivity index (χ1v) is 9.73.